The largest absolute Gasteiger partial charge is 0.487 e. The number of thiocarbonyl (C=S) groups is 1. The van der Waals surface area contributed by atoms with E-state index < -0.39 is 10.0 Å². The van der Waals surface area contributed by atoms with E-state index in [9.17, 15) is 8.42 Å². The topological polar surface area (TPSA) is 70.7 Å². The predicted octanol–water partition coefficient (Wildman–Crippen LogP) is 3.98. The van der Waals surface area contributed by atoms with Gasteiger partial charge in [0.05, 0.1) is 18.0 Å². The third kappa shape index (κ3) is 5.19. The van der Waals surface area contributed by atoms with E-state index in [1.165, 1.54) is 17.6 Å². The zero-order valence-electron chi connectivity index (χ0n) is 17.3. The summed E-state index contributed by atoms with van der Waals surface area (Å²) in [7, 11) is -1.81. The second-order valence-electron chi connectivity index (χ2n) is 8.04. The molecule has 2 aromatic rings. The maximum absolute atomic E-state index is 11.8. The lowest BCUT2D eigenvalue weighted by Crippen LogP contribution is -2.42. The summed E-state index contributed by atoms with van der Waals surface area (Å²) in [6.07, 6.45) is 1.94. The molecule has 0 saturated carbocycles. The minimum Gasteiger partial charge on any atom is -0.487 e. The average Bonchev–Trinajstić information content (AvgIpc) is 2.59. The molecule has 0 amide bonds. The van der Waals surface area contributed by atoms with E-state index in [0.717, 1.165) is 23.3 Å². The molecule has 1 heterocycles. The molecule has 3 rings (SSSR count). The Morgan fingerprint density at radius 1 is 1.24 bits per heavy atom. The van der Waals surface area contributed by atoms with E-state index in [-0.39, 0.29) is 11.6 Å². The van der Waals surface area contributed by atoms with Gasteiger partial charge in [-0.15, -0.1) is 0 Å². The van der Waals surface area contributed by atoms with Crippen LogP contribution in [0, 0.1) is 6.92 Å². The number of nitrogens with zero attached hydrogens (tertiary/aromatic N) is 1. The first-order valence-electron chi connectivity index (χ1n) is 9.36. The highest BCUT2D eigenvalue weighted by molar-refractivity contribution is 7.92. The summed E-state index contributed by atoms with van der Waals surface area (Å²) >= 11 is 5.53. The molecule has 1 unspecified atom stereocenters. The number of nitrogens with one attached hydrogen (secondary N) is 2. The highest BCUT2D eigenvalue weighted by atomic mass is 32.2. The Morgan fingerprint density at radius 2 is 1.97 bits per heavy atom. The Morgan fingerprint density at radius 3 is 2.66 bits per heavy atom. The molecule has 0 aromatic heterocycles. The van der Waals surface area contributed by atoms with Gasteiger partial charge in [-0.3, -0.25) is 4.31 Å². The van der Waals surface area contributed by atoms with Crippen LogP contribution in [0.25, 0.3) is 0 Å². The molecule has 1 atom stereocenters. The van der Waals surface area contributed by atoms with Gasteiger partial charge in [-0.25, -0.2) is 8.42 Å². The van der Waals surface area contributed by atoms with Gasteiger partial charge < -0.3 is 15.4 Å². The molecule has 156 valence electrons. The van der Waals surface area contributed by atoms with Crippen LogP contribution in [0.2, 0.25) is 0 Å². The smallest absolute Gasteiger partial charge is 0.231 e. The Kier molecular flexibility index (Phi) is 5.78. The lowest BCUT2D eigenvalue weighted by molar-refractivity contribution is 0.0696. The van der Waals surface area contributed by atoms with E-state index >= 15 is 0 Å². The number of sulfonamides is 1. The van der Waals surface area contributed by atoms with Crippen LogP contribution in [-0.4, -0.2) is 32.4 Å². The van der Waals surface area contributed by atoms with Crippen molar-refractivity contribution in [3.05, 3.63) is 53.6 Å². The second kappa shape index (κ2) is 7.84. The molecule has 6 nitrogen and oxygen atoms in total. The van der Waals surface area contributed by atoms with Gasteiger partial charge in [-0.2, -0.15) is 0 Å². The lowest BCUT2D eigenvalue weighted by atomic mass is 9.89. The van der Waals surface area contributed by atoms with Gasteiger partial charge >= 0.3 is 0 Å². The number of anilines is 2. The molecule has 0 radical (unpaired) electrons. The number of benzene rings is 2. The van der Waals surface area contributed by atoms with Gasteiger partial charge in [-0.05, 0) is 62.8 Å². The van der Waals surface area contributed by atoms with Crippen molar-refractivity contribution in [1.82, 2.24) is 5.32 Å². The summed E-state index contributed by atoms with van der Waals surface area (Å²) < 4.78 is 30.9. The molecule has 29 heavy (non-hydrogen) atoms. The first kappa shape index (κ1) is 21.4. The fraction of sp³-hybridized carbons (Fsp3) is 0.381. The van der Waals surface area contributed by atoms with Crippen LogP contribution < -0.4 is 19.7 Å². The van der Waals surface area contributed by atoms with E-state index in [1.54, 1.807) is 18.2 Å². The first-order valence-corrected chi connectivity index (χ1v) is 11.6. The van der Waals surface area contributed by atoms with Crippen LogP contribution in [0.15, 0.2) is 42.5 Å². The first-order chi connectivity index (χ1) is 13.4. The van der Waals surface area contributed by atoms with Crippen molar-refractivity contribution < 1.29 is 13.2 Å². The van der Waals surface area contributed by atoms with Gasteiger partial charge in [0.15, 0.2) is 5.11 Å². The number of ether oxygens (including phenoxy) is 1. The SMILES string of the molecule is Cc1ccc2c(c1)OC(C)(C)CC2NC(=S)Nc1cccc(N(C)S(C)(=O)=O)c1. The highest BCUT2D eigenvalue weighted by Crippen LogP contribution is 2.39. The predicted molar refractivity (Wildman–Crippen MR) is 122 cm³/mol. The van der Waals surface area contributed by atoms with E-state index in [2.05, 4.69) is 36.6 Å². The maximum Gasteiger partial charge on any atom is 0.231 e. The van der Waals surface area contributed by atoms with Crippen molar-refractivity contribution in [2.45, 2.75) is 38.8 Å². The number of fused-ring (bicyclic) bond motifs is 1. The Balaban J connectivity index is 1.76. The Hall–Kier alpha value is -2.32. The molecule has 2 N–H and O–H groups in total. The van der Waals surface area contributed by atoms with Crippen molar-refractivity contribution in [3.63, 3.8) is 0 Å². The van der Waals surface area contributed by atoms with Gasteiger partial charge in [-0.1, -0.05) is 18.2 Å². The number of rotatable bonds is 4. The molecular weight excluding hydrogens is 406 g/mol. The minimum atomic E-state index is -3.33. The Bertz CT molecular complexity index is 1040. The number of aryl methyl sites for hydroxylation is 1. The van der Waals surface area contributed by atoms with Crippen molar-refractivity contribution >= 4 is 38.7 Å². The third-order valence-corrected chi connectivity index (χ3v) is 6.32. The molecule has 0 fully saturated rings. The van der Waals surface area contributed by atoms with Crippen LogP contribution in [0.4, 0.5) is 11.4 Å². The summed E-state index contributed by atoms with van der Waals surface area (Å²) in [4.78, 5) is 0. The third-order valence-electron chi connectivity index (χ3n) is 4.90. The Labute approximate surface area is 178 Å². The van der Waals surface area contributed by atoms with Crippen LogP contribution in [0.3, 0.4) is 0 Å². The van der Waals surface area contributed by atoms with Crippen LogP contribution in [0.1, 0.15) is 37.4 Å². The number of hydrogen-bond donors (Lipinski definition) is 2. The minimum absolute atomic E-state index is 0.0104. The quantitative estimate of drug-likeness (QED) is 0.711. The van der Waals surface area contributed by atoms with Crippen LogP contribution in [-0.2, 0) is 10.0 Å². The number of hydrogen-bond acceptors (Lipinski definition) is 4. The van der Waals surface area contributed by atoms with Crippen molar-refractivity contribution in [2.24, 2.45) is 0 Å². The molecule has 0 spiro atoms. The van der Waals surface area contributed by atoms with Crippen LogP contribution >= 0.6 is 12.2 Å². The molecule has 0 bridgehead atoms. The standard InChI is InChI=1S/C21H27N3O3S2/c1-14-9-10-17-18(13-21(2,3)27-19(17)11-14)23-20(28)22-15-7-6-8-16(12-15)24(4)29(5,25)26/h6-12,18H,13H2,1-5H3,(H2,22,23,28). The van der Waals surface area contributed by atoms with Crippen molar-refractivity contribution in [2.75, 3.05) is 22.9 Å². The summed E-state index contributed by atoms with van der Waals surface area (Å²) in [5.41, 5.74) is 3.18. The normalized spacial score (nSPS) is 17.6. The van der Waals surface area contributed by atoms with Gasteiger partial charge in [0.25, 0.3) is 0 Å². The van der Waals surface area contributed by atoms with Crippen molar-refractivity contribution in [1.29, 1.82) is 0 Å². The molecular formula is C21H27N3O3S2. The highest BCUT2D eigenvalue weighted by Gasteiger charge is 2.34. The summed E-state index contributed by atoms with van der Waals surface area (Å²) in [5, 5.41) is 7.02. The zero-order valence-corrected chi connectivity index (χ0v) is 18.9. The van der Waals surface area contributed by atoms with Crippen molar-refractivity contribution in [3.8, 4) is 5.75 Å². The zero-order chi connectivity index (χ0) is 21.4. The fourth-order valence-electron chi connectivity index (χ4n) is 3.38. The molecule has 0 saturated heterocycles. The monoisotopic (exact) mass is 433 g/mol. The van der Waals surface area contributed by atoms with E-state index in [4.69, 9.17) is 17.0 Å². The average molecular weight is 434 g/mol. The summed E-state index contributed by atoms with van der Waals surface area (Å²) in [5.74, 6) is 0.873. The van der Waals surface area contributed by atoms with E-state index in [1.807, 2.05) is 19.1 Å². The van der Waals surface area contributed by atoms with E-state index in [0.29, 0.717) is 16.5 Å². The summed E-state index contributed by atoms with van der Waals surface area (Å²) in [6, 6.07) is 13.3. The fourth-order valence-corrected chi connectivity index (χ4v) is 4.14. The van der Waals surface area contributed by atoms with Gasteiger partial charge in [0, 0.05) is 24.7 Å². The second-order valence-corrected chi connectivity index (χ2v) is 10.5. The van der Waals surface area contributed by atoms with Crippen LogP contribution in [0.5, 0.6) is 5.75 Å². The van der Waals surface area contributed by atoms with Gasteiger partial charge in [0.1, 0.15) is 11.4 Å². The molecule has 2 aromatic carbocycles. The lowest BCUT2D eigenvalue weighted by Gasteiger charge is -2.38. The molecule has 8 heteroatoms. The molecule has 1 aliphatic heterocycles. The van der Waals surface area contributed by atoms with Gasteiger partial charge in [0.2, 0.25) is 10.0 Å². The molecule has 1 aliphatic rings. The summed E-state index contributed by atoms with van der Waals surface area (Å²) in [6.45, 7) is 6.17. The maximum atomic E-state index is 11.8. The molecule has 0 aliphatic carbocycles.